The van der Waals surface area contributed by atoms with Crippen molar-refractivity contribution in [1.29, 1.82) is 0 Å². The van der Waals surface area contributed by atoms with Crippen molar-refractivity contribution in [1.82, 2.24) is 0 Å². The van der Waals surface area contributed by atoms with Gasteiger partial charge in [0.1, 0.15) is 0 Å². The van der Waals surface area contributed by atoms with Gasteiger partial charge in [-0.25, -0.2) is 0 Å². The fraction of sp³-hybridized carbons (Fsp3) is 0.929. The number of alkyl halides is 4. The zero-order valence-electron chi connectivity index (χ0n) is 14.5. The minimum Gasteiger partial charge on any atom is -0.465 e. The molecule has 154 valence electrons. The van der Waals surface area contributed by atoms with Gasteiger partial charge in [0.05, 0.1) is 30.1 Å². The van der Waals surface area contributed by atoms with Gasteiger partial charge >= 0.3 is 27.3 Å². The number of aliphatic hydroxyl groups is 2. The van der Waals surface area contributed by atoms with E-state index in [1.165, 1.54) is 27.7 Å². The van der Waals surface area contributed by atoms with Crippen LogP contribution in [0.4, 0.5) is 17.6 Å². The second kappa shape index (κ2) is 6.57. The largest absolute Gasteiger partial charge is 0.465 e. The molecule has 26 heavy (non-hydrogen) atoms. The molecule has 0 aliphatic heterocycles. The van der Waals surface area contributed by atoms with E-state index in [-0.39, 0.29) is 0 Å². The molecule has 3 N–H and O–H groups in total. The number of esters is 1. The van der Waals surface area contributed by atoms with E-state index in [0.29, 0.717) is 0 Å². The molecular formula is C14H22F4O7S. The lowest BCUT2D eigenvalue weighted by Crippen LogP contribution is -2.47. The Balaban J connectivity index is 2.76. The van der Waals surface area contributed by atoms with Crippen LogP contribution in [0.15, 0.2) is 0 Å². The van der Waals surface area contributed by atoms with Crippen LogP contribution in [0.25, 0.3) is 0 Å². The number of halogens is 4. The average Bonchev–Trinajstić information content (AvgIpc) is 3.11. The van der Waals surface area contributed by atoms with Gasteiger partial charge in [-0.15, -0.1) is 0 Å². The highest BCUT2D eigenvalue weighted by atomic mass is 32.2. The number of carbonyl (C=O) groups excluding carboxylic acids is 1. The first-order valence-electron chi connectivity index (χ1n) is 7.59. The van der Waals surface area contributed by atoms with Crippen LogP contribution < -0.4 is 0 Å². The highest BCUT2D eigenvalue weighted by Gasteiger charge is 2.67. The maximum absolute atomic E-state index is 13.3. The van der Waals surface area contributed by atoms with Gasteiger partial charge in [0.25, 0.3) is 0 Å². The third kappa shape index (κ3) is 4.46. The molecule has 1 fully saturated rings. The fourth-order valence-corrected chi connectivity index (χ4v) is 3.55. The van der Waals surface area contributed by atoms with Crippen molar-refractivity contribution in [2.75, 3.05) is 6.61 Å². The van der Waals surface area contributed by atoms with Gasteiger partial charge in [-0.05, 0) is 27.7 Å². The lowest BCUT2D eigenvalue weighted by molar-refractivity contribution is -0.175. The summed E-state index contributed by atoms with van der Waals surface area (Å²) < 4.78 is 86.3. The van der Waals surface area contributed by atoms with Crippen LogP contribution >= 0.6 is 0 Å². The Morgan fingerprint density at radius 3 is 1.69 bits per heavy atom. The third-order valence-electron chi connectivity index (χ3n) is 4.33. The molecule has 0 heterocycles. The van der Waals surface area contributed by atoms with Gasteiger partial charge < -0.3 is 14.9 Å². The summed E-state index contributed by atoms with van der Waals surface area (Å²) in [5, 5.41) is 14.3. The molecule has 0 spiro atoms. The molecule has 0 aromatic carbocycles. The average molecular weight is 410 g/mol. The van der Waals surface area contributed by atoms with Crippen LogP contribution in [0.2, 0.25) is 0 Å². The van der Waals surface area contributed by atoms with Crippen LogP contribution in [-0.2, 0) is 19.6 Å². The molecule has 0 saturated heterocycles. The lowest BCUT2D eigenvalue weighted by Gasteiger charge is -2.23. The zero-order valence-corrected chi connectivity index (χ0v) is 15.4. The molecule has 0 aromatic rings. The quantitative estimate of drug-likeness (QED) is 0.315. The summed E-state index contributed by atoms with van der Waals surface area (Å²) in [6.45, 7) is 4.27. The van der Waals surface area contributed by atoms with Crippen molar-refractivity contribution in [3.63, 3.8) is 0 Å². The van der Waals surface area contributed by atoms with Gasteiger partial charge in [0.2, 0.25) is 0 Å². The van der Waals surface area contributed by atoms with Gasteiger partial charge in [-0.2, -0.15) is 26.0 Å². The maximum Gasteiger partial charge on any atom is 0.431 e. The van der Waals surface area contributed by atoms with E-state index < -0.39 is 69.2 Å². The molecule has 0 amide bonds. The topological polar surface area (TPSA) is 121 Å². The summed E-state index contributed by atoms with van der Waals surface area (Å²) in [6.07, 6.45) is -1.85. The Kier molecular flexibility index (Phi) is 5.83. The van der Waals surface area contributed by atoms with Gasteiger partial charge in [-0.1, -0.05) is 0 Å². The van der Waals surface area contributed by atoms with E-state index in [2.05, 4.69) is 4.74 Å². The van der Waals surface area contributed by atoms with E-state index in [1.54, 1.807) is 0 Å². The van der Waals surface area contributed by atoms with Crippen LogP contribution in [0.3, 0.4) is 0 Å². The van der Waals surface area contributed by atoms with E-state index in [4.69, 9.17) is 4.55 Å². The molecule has 1 rings (SSSR count). The Hall–Kier alpha value is -0.980. The minimum absolute atomic E-state index is 0.741. The van der Waals surface area contributed by atoms with Crippen LogP contribution in [0, 0.1) is 17.8 Å². The first kappa shape index (κ1) is 23.1. The van der Waals surface area contributed by atoms with Crippen molar-refractivity contribution in [3.8, 4) is 0 Å². The Bertz CT molecular complexity index is 629. The molecule has 0 bridgehead atoms. The molecule has 1 saturated carbocycles. The minimum atomic E-state index is -6.36. The number of hydrogen-bond donors (Lipinski definition) is 3. The predicted molar refractivity (Wildman–Crippen MR) is 80.1 cm³/mol. The van der Waals surface area contributed by atoms with Gasteiger partial charge in [0, 0.05) is 11.8 Å². The molecule has 12 heteroatoms. The highest BCUT2D eigenvalue weighted by molar-refractivity contribution is 7.87. The lowest BCUT2D eigenvalue weighted by atomic mass is 9.94. The fourth-order valence-electron chi connectivity index (χ4n) is 3.07. The summed E-state index contributed by atoms with van der Waals surface area (Å²) in [5.41, 5.74) is -2.79. The Morgan fingerprint density at radius 1 is 1.00 bits per heavy atom. The van der Waals surface area contributed by atoms with Crippen molar-refractivity contribution >= 4 is 16.1 Å². The Morgan fingerprint density at radius 2 is 1.38 bits per heavy atom. The summed E-state index contributed by atoms with van der Waals surface area (Å²) in [4.78, 5) is 12.0. The second-order valence-electron chi connectivity index (χ2n) is 7.50. The molecule has 7 nitrogen and oxygen atoms in total. The normalized spacial score (nSPS) is 25.1. The van der Waals surface area contributed by atoms with E-state index in [9.17, 15) is 41.0 Å². The molecule has 0 aromatic heterocycles. The van der Waals surface area contributed by atoms with Crippen molar-refractivity contribution < 1.29 is 50.3 Å². The molecule has 0 radical (unpaired) electrons. The SMILES string of the molecule is CC(C)(O)C1C(C(=O)OCCC(F)(F)C(F)(F)S(=O)(=O)O)C1C(C)(C)O. The van der Waals surface area contributed by atoms with E-state index in [0.717, 1.165) is 0 Å². The van der Waals surface area contributed by atoms with Crippen molar-refractivity contribution in [2.24, 2.45) is 17.8 Å². The summed E-state index contributed by atoms with van der Waals surface area (Å²) in [5.74, 6) is -8.78. The van der Waals surface area contributed by atoms with Crippen LogP contribution in [0.5, 0.6) is 0 Å². The molecular weight excluding hydrogens is 388 g/mol. The van der Waals surface area contributed by atoms with Crippen LogP contribution in [-0.4, -0.2) is 58.1 Å². The van der Waals surface area contributed by atoms with E-state index >= 15 is 0 Å². The molecule has 1 aliphatic rings. The predicted octanol–water partition coefficient (Wildman–Crippen LogP) is 1.44. The summed E-state index contributed by atoms with van der Waals surface area (Å²) in [6, 6.07) is 0. The first-order chi connectivity index (χ1) is 11.2. The summed E-state index contributed by atoms with van der Waals surface area (Å²) in [7, 11) is -6.36. The van der Waals surface area contributed by atoms with Gasteiger partial charge in [0.15, 0.2) is 0 Å². The summed E-state index contributed by atoms with van der Waals surface area (Å²) >= 11 is 0. The monoisotopic (exact) mass is 410 g/mol. The number of rotatable bonds is 8. The maximum atomic E-state index is 13.3. The van der Waals surface area contributed by atoms with Crippen molar-refractivity contribution in [2.45, 2.75) is 56.5 Å². The number of ether oxygens (including phenoxy) is 1. The first-order valence-corrected chi connectivity index (χ1v) is 9.03. The van der Waals surface area contributed by atoms with E-state index in [1.807, 2.05) is 0 Å². The molecule has 2 atom stereocenters. The number of hydrogen-bond acceptors (Lipinski definition) is 6. The number of carbonyl (C=O) groups is 1. The highest BCUT2D eigenvalue weighted by Crippen LogP contribution is 2.58. The third-order valence-corrected chi connectivity index (χ3v) is 5.28. The molecule has 1 aliphatic carbocycles. The smallest absolute Gasteiger partial charge is 0.431 e. The Labute approximate surface area is 148 Å². The zero-order chi connectivity index (χ0) is 20.9. The van der Waals surface area contributed by atoms with Crippen molar-refractivity contribution in [3.05, 3.63) is 0 Å². The van der Waals surface area contributed by atoms with Gasteiger partial charge in [-0.3, -0.25) is 9.35 Å². The van der Waals surface area contributed by atoms with Crippen LogP contribution in [0.1, 0.15) is 34.1 Å². The second-order valence-corrected chi connectivity index (χ2v) is 8.96. The molecule has 2 unspecified atom stereocenters. The standard InChI is InChI=1S/C14H22F4O7S/c1-11(2,20)8-7(9(8)12(3,4)21)10(19)25-6-5-13(15,16)14(17,18)26(22,23)24/h7-9,20-21H,5-6H2,1-4H3,(H,22,23,24).